The van der Waals surface area contributed by atoms with E-state index in [1.54, 1.807) is 26.0 Å². The Morgan fingerprint density at radius 2 is 1.88 bits per heavy atom. The van der Waals surface area contributed by atoms with E-state index in [0.717, 1.165) is 43.2 Å². The van der Waals surface area contributed by atoms with Crippen molar-refractivity contribution in [1.82, 2.24) is 0 Å². The summed E-state index contributed by atoms with van der Waals surface area (Å²) in [5.41, 5.74) is 0.0757. The van der Waals surface area contributed by atoms with Gasteiger partial charge in [0.1, 0.15) is 16.9 Å². The third-order valence-corrected chi connectivity index (χ3v) is 10.5. The third kappa shape index (κ3) is 4.70. The highest BCUT2D eigenvalue weighted by Gasteiger charge is 2.62. The quantitative estimate of drug-likeness (QED) is 0.219. The van der Waals surface area contributed by atoms with Gasteiger partial charge in [0, 0.05) is 5.92 Å². The lowest BCUT2D eigenvalue weighted by Crippen LogP contribution is -2.62. The molecule has 0 radical (unpaired) electrons. The number of benzene rings is 1. The van der Waals surface area contributed by atoms with Crippen LogP contribution in [0.25, 0.3) is 0 Å². The van der Waals surface area contributed by atoms with E-state index in [4.69, 9.17) is 14.5 Å². The van der Waals surface area contributed by atoms with E-state index in [0.29, 0.717) is 30.4 Å². The molecule has 7 unspecified atom stereocenters. The molecule has 2 aliphatic heterocycles. The van der Waals surface area contributed by atoms with Gasteiger partial charge in [0.05, 0.1) is 36.4 Å². The lowest BCUT2D eigenvalue weighted by atomic mass is 9.48. The van der Waals surface area contributed by atoms with Gasteiger partial charge >= 0.3 is 5.97 Å². The standard InChI is InChI=1S/C32H46O8/c1-6-7-8-9-10-21-13-19-14-23(34)26-18(2)25(19)28(38-21)27-24(35)15-20(17-33)22-16-30(3,4)32(22,37)12-11-31(27,5)40-39-29(26)36/h14-15,21-22,24,27-28,33-35,37H,6-13,16-17H2,1-5H3. The number of rotatable bonds is 6. The maximum absolute atomic E-state index is 13.2. The highest BCUT2D eigenvalue weighted by Crippen LogP contribution is 2.61. The molecule has 8 heteroatoms. The number of carbonyl (C=O) groups is 1. The largest absolute Gasteiger partial charge is 0.507 e. The van der Waals surface area contributed by atoms with Gasteiger partial charge in [-0.05, 0) is 79.7 Å². The van der Waals surface area contributed by atoms with Crippen LogP contribution in [-0.2, 0) is 20.9 Å². The van der Waals surface area contributed by atoms with Crippen LogP contribution in [0.1, 0.15) is 112 Å². The molecule has 0 saturated heterocycles. The molecule has 40 heavy (non-hydrogen) atoms. The van der Waals surface area contributed by atoms with Crippen LogP contribution in [-0.4, -0.2) is 56.4 Å². The molecule has 8 nitrogen and oxygen atoms in total. The molecule has 4 aliphatic rings. The Balaban J connectivity index is 1.64. The number of aliphatic hydroxyl groups excluding tert-OH is 2. The molecule has 2 heterocycles. The second-order valence-electron chi connectivity index (χ2n) is 13.4. The zero-order chi connectivity index (χ0) is 29.0. The van der Waals surface area contributed by atoms with Crippen molar-refractivity contribution >= 4 is 5.97 Å². The number of phenols is 1. The molecular weight excluding hydrogens is 512 g/mol. The van der Waals surface area contributed by atoms with E-state index in [1.165, 1.54) is 0 Å². The fourth-order valence-corrected chi connectivity index (χ4v) is 7.99. The van der Waals surface area contributed by atoms with Crippen LogP contribution < -0.4 is 0 Å². The van der Waals surface area contributed by atoms with Crippen molar-refractivity contribution in [2.75, 3.05) is 6.61 Å². The van der Waals surface area contributed by atoms with Crippen LogP contribution in [0.15, 0.2) is 17.7 Å². The molecule has 1 aromatic carbocycles. The topological polar surface area (TPSA) is 126 Å². The highest BCUT2D eigenvalue weighted by molar-refractivity contribution is 5.94. The number of carbonyl (C=O) groups excluding carboxylic acids is 1. The minimum absolute atomic E-state index is 0.0312. The minimum Gasteiger partial charge on any atom is -0.507 e. The summed E-state index contributed by atoms with van der Waals surface area (Å²) in [6, 6.07) is 1.64. The number of hydrogen-bond acceptors (Lipinski definition) is 8. The molecule has 2 bridgehead atoms. The Morgan fingerprint density at radius 1 is 1.12 bits per heavy atom. The van der Waals surface area contributed by atoms with Crippen LogP contribution in [0.2, 0.25) is 0 Å². The number of ether oxygens (including phenoxy) is 1. The summed E-state index contributed by atoms with van der Waals surface area (Å²) in [6.45, 7) is 9.49. The normalized spacial score (nSPS) is 36.6. The lowest BCUT2D eigenvalue weighted by molar-refractivity contribution is -0.345. The van der Waals surface area contributed by atoms with Crippen LogP contribution in [0.3, 0.4) is 0 Å². The minimum atomic E-state index is -1.25. The maximum atomic E-state index is 13.2. The molecule has 0 amide bonds. The second-order valence-corrected chi connectivity index (χ2v) is 13.4. The van der Waals surface area contributed by atoms with Gasteiger partial charge in [0.2, 0.25) is 0 Å². The Labute approximate surface area is 237 Å². The van der Waals surface area contributed by atoms with E-state index in [9.17, 15) is 25.2 Å². The predicted molar refractivity (Wildman–Crippen MR) is 149 cm³/mol. The SMILES string of the molecule is CCCCCCC1Cc2cc(O)c3c(C)c2C(O1)C1C(O)C=C(CO)C2CC(C)(C)C2(O)CCC1(C)OOC3=O. The molecule has 1 aromatic rings. The summed E-state index contributed by atoms with van der Waals surface area (Å²) in [6.07, 6.45) is 6.84. The number of aromatic hydroxyl groups is 1. The summed E-state index contributed by atoms with van der Waals surface area (Å²) in [5.74, 6) is -1.98. The number of fused-ring (bicyclic) bond motifs is 4. The van der Waals surface area contributed by atoms with Gasteiger partial charge in [0.15, 0.2) is 0 Å². The maximum Gasteiger partial charge on any atom is 0.377 e. The van der Waals surface area contributed by atoms with E-state index in [-0.39, 0.29) is 36.4 Å². The van der Waals surface area contributed by atoms with Crippen LogP contribution in [0, 0.1) is 24.2 Å². The number of aliphatic hydroxyl groups is 3. The molecule has 1 saturated carbocycles. The molecule has 0 spiro atoms. The first-order valence-corrected chi connectivity index (χ1v) is 15.0. The lowest BCUT2D eigenvalue weighted by Gasteiger charge is -2.60. The molecule has 0 aromatic heterocycles. The Hall–Kier alpha value is -1.97. The van der Waals surface area contributed by atoms with Gasteiger partial charge in [-0.15, -0.1) is 0 Å². The summed E-state index contributed by atoms with van der Waals surface area (Å²) in [7, 11) is 0. The van der Waals surface area contributed by atoms with Crippen LogP contribution in [0.4, 0.5) is 0 Å². The number of unbranched alkanes of at least 4 members (excludes halogenated alkanes) is 3. The fourth-order valence-electron chi connectivity index (χ4n) is 7.99. The monoisotopic (exact) mass is 558 g/mol. The van der Waals surface area contributed by atoms with E-state index in [2.05, 4.69) is 6.92 Å². The predicted octanol–water partition coefficient (Wildman–Crippen LogP) is 4.98. The summed E-state index contributed by atoms with van der Waals surface area (Å²) >= 11 is 0. The first-order valence-electron chi connectivity index (χ1n) is 15.0. The van der Waals surface area contributed by atoms with Gasteiger partial charge in [0.25, 0.3) is 0 Å². The molecule has 7 atom stereocenters. The van der Waals surface area contributed by atoms with Gasteiger partial charge in [-0.2, -0.15) is 4.89 Å². The van der Waals surface area contributed by atoms with Crippen molar-refractivity contribution in [1.29, 1.82) is 0 Å². The van der Waals surface area contributed by atoms with Gasteiger partial charge in [-0.25, -0.2) is 4.79 Å². The zero-order valence-electron chi connectivity index (χ0n) is 24.5. The van der Waals surface area contributed by atoms with Crippen molar-refractivity contribution in [3.8, 4) is 5.75 Å². The van der Waals surface area contributed by atoms with Crippen LogP contribution >= 0.6 is 0 Å². The Morgan fingerprint density at radius 3 is 2.55 bits per heavy atom. The Kier molecular flexibility index (Phi) is 7.90. The Bertz CT molecular complexity index is 1170. The summed E-state index contributed by atoms with van der Waals surface area (Å²) in [5, 5.41) is 45.1. The first-order chi connectivity index (χ1) is 18.9. The van der Waals surface area contributed by atoms with Crippen molar-refractivity contribution < 1.29 is 39.7 Å². The average molecular weight is 559 g/mol. The van der Waals surface area contributed by atoms with Gasteiger partial charge < -0.3 is 25.2 Å². The smallest absolute Gasteiger partial charge is 0.377 e. The highest BCUT2D eigenvalue weighted by atomic mass is 17.2. The van der Waals surface area contributed by atoms with E-state index < -0.39 is 40.7 Å². The number of hydrogen-bond donors (Lipinski definition) is 4. The molecule has 1 fully saturated rings. The molecule has 4 N–H and O–H groups in total. The molecule has 2 aliphatic carbocycles. The zero-order valence-corrected chi connectivity index (χ0v) is 24.5. The van der Waals surface area contributed by atoms with E-state index in [1.807, 2.05) is 13.8 Å². The second kappa shape index (κ2) is 10.7. The summed E-state index contributed by atoms with van der Waals surface area (Å²) < 4.78 is 6.84. The average Bonchev–Trinajstić information content (AvgIpc) is 2.94. The van der Waals surface area contributed by atoms with Gasteiger partial charge in [-0.1, -0.05) is 52.5 Å². The fraction of sp³-hybridized carbons (Fsp3) is 0.719. The van der Waals surface area contributed by atoms with Crippen LogP contribution in [0.5, 0.6) is 5.75 Å². The summed E-state index contributed by atoms with van der Waals surface area (Å²) in [4.78, 5) is 24.6. The molecule has 5 rings (SSSR count). The first kappa shape index (κ1) is 29.5. The molecule has 222 valence electrons. The third-order valence-electron chi connectivity index (χ3n) is 10.5. The van der Waals surface area contributed by atoms with Crippen molar-refractivity contribution in [3.63, 3.8) is 0 Å². The van der Waals surface area contributed by atoms with Gasteiger partial charge in [-0.3, -0.25) is 4.89 Å². The van der Waals surface area contributed by atoms with Crippen molar-refractivity contribution in [3.05, 3.63) is 40.0 Å². The molecular formula is C32H46O8. The number of phenolic OH excluding ortho intramolecular Hbond substituents is 1. The van der Waals surface area contributed by atoms with E-state index >= 15 is 0 Å². The van der Waals surface area contributed by atoms with Crippen molar-refractivity contribution in [2.45, 2.75) is 122 Å². The van der Waals surface area contributed by atoms with Crippen molar-refractivity contribution in [2.24, 2.45) is 17.3 Å².